The van der Waals surface area contributed by atoms with Crippen molar-refractivity contribution in [2.24, 2.45) is 5.92 Å². The van der Waals surface area contributed by atoms with E-state index in [1.807, 2.05) is 0 Å². The Morgan fingerprint density at radius 2 is 2.00 bits per heavy atom. The van der Waals surface area contributed by atoms with Crippen LogP contribution in [0, 0.1) is 5.92 Å². The minimum Gasteiger partial charge on any atom is -0.377 e. The van der Waals surface area contributed by atoms with Gasteiger partial charge in [-0.3, -0.25) is 0 Å². The van der Waals surface area contributed by atoms with E-state index in [9.17, 15) is 0 Å². The zero-order chi connectivity index (χ0) is 11.2. The lowest BCUT2D eigenvalue weighted by atomic mass is 9.97. The van der Waals surface area contributed by atoms with E-state index in [4.69, 9.17) is 4.74 Å². The Labute approximate surface area is 99.5 Å². The van der Waals surface area contributed by atoms with Crippen LogP contribution in [-0.2, 0) is 4.74 Å². The van der Waals surface area contributed by atoms with Gasteiger partial charge in [-0.25, -0.2) is 0 Å². The van der Waals surface area contributed by atoms with Crippen molar-refractivity contribution in [2.45, 2.75) is 38.7 Å². The lowest BCUT2D eigenvalue weighted by Crippen LogP contribution is -2.38. The highest BCUT2D eigenvalue weighted by atomic mass is 16.5. The van der Waals surface area contributed by atoms with Crippen molar-refractivity contribution in [1.82, 2.24) is 10.2 Å². The van der Waals surface area contributed by atoms with Gasteiger partial charge in [-0.05, 0) is 57.8 Å². The Morgan fingerprint density at radius 1 is 1.19 bits per heavy atom. The van der Waals surface area contributed by atoms with Crippen LogP contribution < -0.4 is 5.32 Å². The van der Waals surface area contributed by atoms with Crippen LogP contribution in [0.2, 0.25) is 0 Å². The van der Waals surface area contributed by atoms with Crippen molar-refractivity contribution in [3.05, 3.63) is 0 Å². The molecule has 2 saturated heterocycles. The van der Waals surface area contributed by atoms with Crippen LogP contribution in [0.3, 0.4) is 0 Å². The maximum atomic E-state index is 5.61. The van der Waals surface area contributed by atoms with E-state index in [2.05, 4.69) is 17.1 Å². The number of likely N-dealkylation sites (tertiary alicyclic amines) is 1. The summed E-state index contributed by atoms with van der Waals surface area (Å²) in [6.07, 6.45) is 5.73. The van der Waals surface area contributed by atoms with E-state index >= 15 is 0 Å². The van der Waals surface area contributed by atoms with E-state index in [1.54, 1.807) is 0 Å². The number of nitrogens with one attached hydrogen (secondary N) is 1. The van der Waals surface area contributed by atoms with Crippen LogP contribution in [0.4, 0.5) is 0 Å². The fraction of sp³-hybridized carbons (Fsp3) is 1.00. The summed E-state index contributed by atoms with van der Waals surface area (Å²) in [6.45, 7) is 9.30. The third-order valence-electron chi connectivity index (χ3n) is 3.98. The first kappa shape index (κ1) is 12.3. The lowest BCUT2D eigenvalue weighted by molar-refractivity contribution is 0.107. The second kappa shape index (κ2) is 6.58. The highest BCUT2D eigenvalue weighted by molar-refractivity contribution is 4.74. The van der Waals surface area contributed by atoms with Gasteiger partial charge in [-0.1, -0.05) is 6.92 Å². The van der Waals surface area contributed by atoms with Gasteiger partial charge in [0.15, 0.2) is 0 Å². The molecule has 1 atom stereocenters. The summed E-state index contributed by atoms with van der Waals surface area (Å²) in [5.41, 5.74) is 0. The Hall–Kier alpha value is -0.120. The third-order valence-corrected chi connectivity index (χ3v) is 3.98. The molecule has 3 heteroatoms. The van der Waals surface area contributed by atoms with Crippen LogP contribution in [0.25, 0.3) is 0 Å². The zero-order valence-electron chi connectivity index (χ0n) is 10.6. The fourth-order valence-electron chi connectivity index (χ4n) is 2.76. The van der Waals surface area contributed by atoms with Gasteiger partial charge in [0.25, 0.3) is 0 Å². The molecule has 0 aromatic heterocycles. The van der Waals surface area contributed by atoms with E-state index in [1.165, 1.54) is 51.9 Å². The van der Waals surface area contributed by atoms with Gasteiger partial charge in [0.1, 0.15) is 0 Å². The van der Waals surface area contributed by atoms with Crippen LogP contribution in [0.15, 0.2) is 0 Å². The standard InChI is InChI=1S/C13H26N2O/c1-2-15-7-5-12(6-8-15)10-14-11-13-4-3-9-16-13/h12-14H,2-11H2,1H3. The normalized spacial score (nSPS) is 28.7. The summed E-state index contributed by atoms with van der Waals surface area (Å²) < 4.78 is 5.61. The van der Waals surface area contributed by atoms with Crippen molar-refractivity contribution >= 4 is 0 Å². The maximum absolute atomic E-state index is 5.61. The molecule has 2 rings (SSSR count). The molecule has 0 radical (unpaired) electrons. The number of piperidine rings is 1. The van der Waals surface area contributed by atoms with Gasteiger partial charge >= 0.3 is 0 Å². The highest BCUT2D eigenvalue weighted by Gasteiger charge is 2.19. The molecular weight excluding hydrogens is 200 g/mol. The first-order valence-electron chi connectivity index (χ1n) is 6.93. The molecule has 0 aliphatic carbocycles. The van der Waals surface area contributed by atoms with Crippen LogP contribution >= 0.6 is 0 Å². The van der Waals surface area contributed by atoms with Gasteiger partial charge in [0, 0.05) is 13.2 Å². The molecule has 2 heterocycles. The largest absolute Gasteiger partial charge is 0.377 e. The van der Waals surface area contributed by atoms with Crippen LogP contribution in [0.1, 0.15) is 32.6 Å². The van der Waals surface area contributed by atoms with Crippen molar-refractivity contribution < 1.29 is 4.74 Å². The summed E-state index contributed by atoms with van der Waals surface area (Å²) in [5, 5.41) is 3.59. The zero-order valence-corrected chi connectivity index (χ0v) is 10.6. The van der Waals surface area contributed by atoms with Gasteiger partial charge in [-0.2, -0.15) is 0 Å². The summed E-state index contributed by atoms with van der Waals surface area (Å²) >= 11 is 0. The molecular formula is C13H26N2O. The Balaban J connectivity index is 1.53. The Bertz CT molecular complexity index is 184. The van der Waals surface area contributed by atoms with Crippen LogP contribution in [0.5, 0.6) is 0 Å². The molecule has 2 aliphatic heterocycles. The molecule has 0 aromatic rings. The first-order chi connectivity index (χ1) is 7.88. The smallest absolute Gasteiger partial charge is 0.0700 e. The molecule has 94 valence electrons. The fourth-order valence-corrected chi connectivity index (χ4v) is 2.76. The van der Waals surface area contributed by atoms with Crippen molar-refractivity contribution in [1.29, 1.82) is 0 Å². The molecule has 2 fully saturated rings. The lowest BCUT2D eigenvalue weighted by Gasteiger charge is -2.31. The second-order valence-electron chi connectivity index (χ2n) is 5.17. The number of hydrogen-bond acceptors (Lipinski definition) is 3. The molecule has 1 N–H and O–H groups in total. The monoisotopic (exact) mass is 226 g/mol. The Kier molecular flexibility index (Phi) is 5.07. The summed E-state index contributed by atoms with van der Waals surface area (Å²) in [6, 6.07) is 0. The number of hydrogen-bond donors (Lipinski definition) is 1. The molecule has 1 unspecified atom stereocenters. The predicted molar refractivity (Wildman–Crippen MR) is 66.7 cm³/mol. The molecule has 0 bridgehead atoms. The van der Waals surface area contributed by atoms with Gasteiger partial charge in [0.2, 0.25) is 0 Å². The highest BCUT2D eigenvalue weighted by Crippen LogP contribution is 2.16. The van der Waals surface area contributed by atoms with E-state index in [-0.39, 0.29) is 0 Å². The first-order valence-corrected chi connectivity index (χ1v) is 6.93. The average molecular weight is 226 g/mol. The maximum Gasteiger partial charge on any atom is 0.0700 e. The molecule has 0 spiro atoms. The molecule has 0 amide bonds. The quantitative estimate of drug-likeness (QED) is 0.768. The molecule has 16 heavy (non-hydrogen) atoms. The molecule has 3 nitrogen and oxygen atoms in total. The molecule has 0 aromatic carbocycles. The minimum absolute atomic E-state index is 0.496. The number of rotatable bonds is 5. The topological polar surface area (TPSA) is 24.5 Å². The van der Waals surface area contributed by atoms with Gasteiger partial charge in [0.05, 0.1) is 6.10 Å². The minimum atomic E-state index is 0.496. The summed E-state index contributed by atoms with van der Waals surface area (Å²) in [4.78, 5) is 2.55. The summed E-state index contributed by atoms with van der Waals surface area (Å²) in [5.74, 6) is 0.893. The van der Waals surface area contributed by atoms with E-state index in [0.29, 0.717) is 6.10 Å². The predicted octanol–water partition coefficient (Wildman–Crippen LogP) is 1.49. The van der Waals surface area contributed by atoms with Crippen LogP contribution in [-0.4, -0.2) is 50.3 Å². The van der Waals surface area contributed by atoms with Gasteiger partial charge < -0.3 is 15.0 Å². The Morgan fingerprint density at radius 3 is 2.62 bits per heavy atom. The average Bonchev–Trinajstić information content (AvgIpc) is 2.83. The van der Waals surface area contributed by atoms with Crippen molar-refractivity contribution in [2.75, 3.05) is 39.3 Å². The summed E-state index contributed by atoms with van der Waals surface area (Å²) in [7, 11) is 0. The molecule has 0 saturated carbocycles. The SMILES string of the molecule is CCN1CCC(CNCC2CCCO2)CC1. The second-order valence-corrected chi connectivity index (χ2v) is 5.17. The number of ether oxygens (including phenoxy) is 1. The molecule has 2 aliphatic rings. The van der Waals surface area contributed by atoms with Crippen molar-refractivity contribution in [3.63, 3.8) is 0 Å². The van der Waals surface area contributed by atoms with Crippen molar-refractivity contribution in [3.8, 4) is 0 Å². The van der Waals surface area contributed by atoms with E-state index < -0.39 is 0 Å². The third kappa shape index (κ3) is 3.72. The van der Waals surface area contributed by atoms with Gasteiger partial charge in [-0.15, -0.1) is 0 Å². The number of nitrogens with zero attached hydrogens (tertiary/aromatic N) is 1. The van der Waals surface area contributed by atoms with E-state index in [0.717, 1.165) is 19.1 Å².